The highest BCUT2D eigenvalue weighted by Crippen LogP contribution is 2.08. The number of hydrogen-bond acceptors (Lipinski definition) is 5. The zero-order chi connectivity index (χ0) is 15.9. The molecule has 0 aromatic carbocycles. The summed E-state index contributed by atoms with van der Waals surface area (Å²) in [5, 5.41) is 13.7. The average molecular weight is 305 g/mol. The lowest BCUT2D eigenvalue weighted by atomic mass is 9.97. The molecule has 2 amide bonds. The Hall–Kier alpha value is -1.28. The van der Waals surface area contributed by atoms with Crippen molar-refractivity contribution >= 4 is 30.4 Å². The van der Waals surface area contributed by atoms with Crippen LogP contribution in [0.15, 0.2) is 0 Å². The van der Waals surface area contributed by atoms with E-state index in [0.717, 1.165) is 0 Å². The first-order chi connectivity index (χ1) is 9.24. The quantitative estimate of drug-likeness (QED) is 0.382. The Kier molecular flexibility index (Phi) is 8.24. The van der Waals surface area contributed by atoms with Crippen LogP contribution in [0.5, 0.6) is 0 Å². The number of carboxylic acid groups (broad SMARTS) is 1. The minimum Gasteiger partial charge on any atom is -0.480 e. The Balaban J connectivity index is 4.84. The number of nitrogens with two attached hydrogens (primary N) is 1. The van der Waals surface area contributed by atoms with Gasteiger partial charge >= 0.3 is 5.97 Å². The summed E-state index contributed by atoms with van der Waals surface area (Å²) in [6, 6.07) is -2.65. The zero-order valence-electron chi connectivity index (χ0n) is 11.9. The summed E-state index contributed by atoms with van der Waals surface area (Å²) in [6.07, 6.45) is 0.649. The van der Waals surface area contributed by atoms with Gasteiger partial charge in [-0.3, -0.25) is 14.4 Å². The van der Waals surface area contributed by atoms with Gasteiger partial charge < -0.3 is 21.5 Å². The van der Waals surface area contributed by atoms with Crippen molar-refractivity contribution in [2.24, 2.45) is 11.7 Å². The molecule has 0 rings (SSSR count). The van der Waals surface area contributed by atoms with Crippen molar-refractivity contribution in [3.05, 3.63) is 0 Å². The summed E-state index contributed by atoms with van der Waals surface area (Å²) in [6.45, 7) is 5.02. The number of thiol groups is 1. The molecular weight excluding hydrogens is 282 g/mol. The predicted molar refractivity (Wildman–Crippen MR) is 78.5 cm³/mol. The van der Waals surface area contributed by atoms with Crippen LogP contribution in [0.1, 0.15) is 27.2 Å². The van der Waals surface area contributed by atoms with Crippen LogP contribution in [0.3, 0.4) is 0 Å². The number of aliphatic carboxylic acids is 1. The second-order valence-electron chi connectivity index (χ2n) is 4.73. The number of carboxylic acids is 1. The van der Waals surface area contributed by atoms with Crippen LogP contribution >= 0.6 is 12.6 Å². The molecule has 20 heavy (non-hydrogen) atoms. The highest BCUT2D eigenvalue weighted by Gasteiger charge is 2.29. The number of amides is 2. The third-order valence-corrected chi connectivity index (χ3v) is 3.45. The van der Waals surface area contributed by atoms with Crippen LogP contribution in [0, 0.1) is 5.92 Å². The fourth-order valence-corrected chi connectivity index (χ4v) is 1.58. The van der Waals surface area contributed by atoms with E-state index in [2.05, 4.69) is 23.3 Å². The van der Waals surface area contributed by atoms with E-state index in [1.54, 1.807) is 6.92 Å². The van der Waals surface area contributed by atoms with E-state index >= 15 is 0 Å². The first-order valence-electron chi connectivity index (χ1n) is 6.44. The molecule has 8 heteroatoms. The number of rotatable bonds is 8. The van der Waals surface area contributed by atoms with E-state index in [4.69, 9.17) is 10.8 Å². The molecule has 0 saturated carbocycles. The van der Waals surface area contributed by atoms with Gasteiger partial charge in [0.2, 0.25) is 11.8 Å². The summed E-state index contributed by atoms with van der Waals surface area (Å²) >= 11 is 3.92. The molecule has 0 bridgehead atoms. The van der Waals surface area contributed by atoms with Gasteiger partial charge in [0.1, 0.15) is 12.1 Å². The van der Waals surface area contributed by atoms with Crippen molar-refractivity contribution in [1.29, 1.82) is 0 Å². The van der Waals surface area contributed by atoms with Crippen LogP contribution in [0.2, 0.25) is 0 Å². The normalized spacial score (nSPS) is 16.6. The van der Waals surface area contributed by atoms with Crippen molar-refractivity contribution in [3.8, 4) is 0 Å². The van der Waals surface area contributed by atoms with Crippen LogP contribution in [-0.4, -0.2) is 46.8 Å². The SMILES string of the molecule is CC[C@H](C)[C@H](NC(=O)[C@@H](N)CS)C(=O)N[C@@H](C)C(=O)O. The maximum atomic E-state index is 12.1. The molecule has 5 N–H and O–H groups in total. The van der Waals surface area contributed by atoms with E-state index in [0.29, 0.717) is 6.42 Å². The number of nitrogens with one attached hydrogen (secondary N) is 2. The van der Waals surface area contributed by atoms with E-state index in [1.165, 1.54) is 6.92 Å². The standard InChI is InChI=1S/C12H23N3O4S/c1-4-6(2)9(15-10(16)8(13)5-20)11(17)14-7(3)12(18)19/h6-9,20H,4-5,13H2,1-3H3,(H,14,17)(H,15,16)(H,18,19)/t6-,7-,8-,9-/m0/s1. The van der Waals surface area contributed by atoms with Gasteiger partial charge in [0.25, 0.3) is 0 Å². The zero-order valence-corrected chi connectivity index (χ0v) is 12.8. The van der Waals surface area contributed by atoms with Crippen molar-refractivity contribution in [2.45, 2.75) is 45.3 Å². The van der Waals surface area contributed by atoms with Gasteiger partial charge in [-0.2, -0.15) is 12.6 Å². The molecule has 0 saturated heterocycles. The number of carbonyl (C=O) groups excluding carboxylic acids is 2. The molecule has 0 radical (unpaired) electrons. The number of hydrogen-bond donors (Lipinski definition) is 5. The smallest absolute Gasteiger partial charge is 0.325 e. The topological polar surface area (TPSA) is 122 Å². The molecule has 4 atom stereocenters. The van der Waals surface area contributed by atoms with E-state index < -0.39 is 35.9 Å². The summed E-state index contributed by atoms with van der Waals surface area (Å²) in [5.41, 5.74) is 5.54. The van der Waals surface area contributed by atoms with Crippen LogP contribution < -0.4 is 16.4 Å². The summed E-state index contributed by atoms with van der Waals surface area (Å²) in [4.78, 5) is 34.5. The van der Waals surface area contributed by atoms with Gasteiger partial charge in [-0.05, 0) is 12.8 Å². The van der Waals surface area contributed by atoms with Crippen LogP contribution in [0.4, 0.5) is 0 Å². The number of carbonyl (C=O) groups is 3. The average Bonchev–Trinajstić information content (AvgIpc) is 2.42. The Bertz CT molecular complexity index is 365. The Morgan fingerprint density at radius 2 is 1.75 bits per heavy atom. The lowest BCUT2D eigenvalue weighted by molar-refractivity contribution is -0.142. The Morgan fingerprint density at radius 1 is 1.20 bits per heavy atom. The predicted octanol–water partition coefficient (Wildman–Crippen LogP) is -0.636. The van der Waals surface area contributed by atoms with E-state index in [-0.39, 0.29) is 11.7 Å². The van der Waals surface area contributed by atoms with Gasteiger partial charge in [-0.1, -0.05) is 20.3 Å². The van der Waals surface area contributed by atoms with Crippen LogP contribution in [-0.2, 0) is 14.4 Å². The lowest BCUT2D eigenvalue weighted by Crippen LogP contribution is -2.56. The highest BCUT2D eigenvalue weighted by atomic mass is 32.1. The highest BCUT2D eigenvalue weighted by molar-refractivity contribution is 7.80. The molecule has 7 nitrogen and oxygen atoms in total. The monoisotopic (exact) mass is 305 g/mol. The molecule has 0 fully saturated rings. The van der Waals surface area contributed by atoms with Crippen molar-refractivity contribution in [3.63, 3.8) is 0 Å². The lowest BCUT2D eigenvalue weighted by Gasteiger charge is -2.25. The first-order valence-corrected chi connectivity index (χ1v) is 7.07. The van der Waals surface area contributed by atoms with Gasteiger partial charge in [-0.25, -0.2) is 0 Å². The molecule has 0 heterocycles. The molecule has 0 aromatic heterocycles. The maximum absolute atomic E-state index is 12.1. The fourth-order valence-electron chi connectivity index (χ4n) is 1.41. The van der Waals surface area contributed by atoms with Crippen molar-refractivity contribution < 1.29 is 19.5 Å². The molecule has 0 aromatic rings. The third-order valence-electron chi connectivity index (χ3n) is 3.06. The van der Waals surface area contributed by atoms with E-state index in [9.17, 15) is 14.4 Å². The minimum atomic E-state index is -1.14. The Morgan fingerprint density at radius 3 is 2.15 bits per heavy atom. The van der Waals surface area contributed by atoms with Crippen molar-refractivity contribution in [2.75, 3.05) is 5.75 Å². The molecule has 0 unspecified atom stereocenters. The van der Waals surface area contributed by atoms with Crippen molar-refractivity contribution in [1.82, 2.24) is 10.6 Å². The molecular formula is C12H23N3O4S. The largest absolute Gasteiger partial charge is 0.480 e. The molecule has 0 aliphatic heterocycles. The minimum absolute atomic E-state index is 0.146. The fraction of sp³-hybridized carbons (Fsp3) is 0.750. The maximum Gasteiger partial charge on any atom is 0.325 e. The second kappa shape index (κ2) is 8.80. The summed E-state index contributed by atoms with van der Waals surface area (Å²) in [5.74, 6) is -2.14. The van der Waals surface area contributed by atoms with Gasteiger partial charge in [0.05, 0.1) is 6.04 Å². The molecule has 0 spiro atoms. The first kappa shape index (κ1) is 18.7. The van der Waals surface area contributed by atoms with Gasteiger partial charge in [0, 0.05) is 5.75 Å². The molecule has 0 aliphatic rings. The Labute approximate surface area is 124 Å². The van der Waals surface area contributed by atoms with E-state index in [1.807, 2.05) is 6.92 Å². The third kappa shape index (κ3) is 5.79. The van der Waals surface area contributed by atoms with Gasteiger partial charge in [-0.15, -0.1) is 0 Å². The summed E-state index contributed by atoms with van der Waals surface area (Å²) in [7, 11) is 0. The van der Waals surface area contributed by atoms with Gasteiger partial charge in [0.15, 0.2) is 0 Å². The van der Waals surface area contributed by atoms with Crippen LogP contribution in [0.25, 0.3) is 0 Å². The molecule has 0 aliphatic carbocycles. The molecule has 116 valence electrons. The second-order valence-corrected chi connectivity index (χ2v) is 5.09. The summed E-state index contributed by atoms with van der Waals surface area (Å²) < 4.78 is 0.